The maximum absolute atomic E-state index is 8.78. The summed E-state index contributed by atoms with van der Waals surface area (Å²) in [6, 6.07) is 2.10. The van der Waals surface area contributed by atoms with E-state index in [0.29, 0.717) is 6.42 Å². The summed E-state index contributed by atoms with van der Waals surface area (Å²) in [5.74, 6) is 7.80. The van der Waals surface area contributed by atoms with Crippen LogP contribution in [0.4, 0.5) is 0 Å². The van der Waals surface area contributed by atoms with Crippen molar-refractivity contribution in [2.45, 2.75) is 33.2 Å². The molecule has 0 radical (unpaired) electrons. The molecule has 0 bridgehead atoms. The van der Waals surface area contributed by atoms with Crippen molar-refractivity contribution in [3.8, 4) is 11.8 Å². The molecule has 1 aliphatic rings. The maximum atomic E-state index is 8.78. The molecule has 1 aliphatic heterocycles. The lowest BCUT2D eigenvalue weighted by Gasteiger charge is -2.34. The molecule has 0 aromatic carbocycles. The van der Waals surface area contributed by atoms with E-state index in [1.165, 1.54) is 24.4 Å². The second-order valence-corrected chi connectivity index (χ2v) is 6.67. The third kappa shape index (κ3) is 4.35. The molecule has 1 aromatic heterocycles. The van der Waals surface area contributed by atoms with Crippen molar-refractivity contribution in [3.05, 3.63) is 21.9 Å². The van der Waals surface area contributed by atoms with Crippen molar-refractivity contribution >= 4 is 11.3 Å². The van der Waals surface area contributed by atoms with Crippen LogP contribution in [0.3, 0.4) is 0 Å². The number of likely N-dealkylation sites (tertiary alicyclic amines) is 1. The van der Waals surface area contributed by atoms with Gasteiger partial charge in [-0.2, -0.15) is 0 Å². The molecule has 0 amide bonds. The Morgan fingerprint density at radius 2 is 2.11 bits per heavy atom. The minimum Gasteiger partial charge on any atom is -0.395 e. The molecule has 1 aromatic rings. The summed E-state index contributed by atoms with van der Waals surface area (Å²) in [6.07, 6.45) is 1.91. The molecule has 1 saturated heterocycles. The van der Waals surface area contributed by atoms with Crippen LogP contribution in [0.5, 0.6) is 0 Å². The Kier molecular flexibility index (Phi) is 5.45. The second-order valence-electron chi connectivity index (χ2n) is 5.67. The van der Waals surface area contributed by atoms with Gasteiger partial charge in [0.1, 0.15) is 0 Å². The number of thiophene rings is 1. The predicted molar refractivity (Wildman–Crippen MR) is 81.1 cm³/mol. The fourth-order valence-electron chi connectivity index (χ4n) is 2.91. The zero-order chi connectivity index (χ0) is 13.7. The lowest BCUT2D eigenvalue weighted by atomic mass is 9.92. The van der Waals surface area contributed by atoms with E-state index in [4.69, 9.17) is 5.11 Å². The standard InChI is InChI=1S/C16H23NOS/c1-13-9-14(2)11-17(10-13)12-16-15(6-8-19-16)5-3-4-7-18/h6,8,13-14,18H,4,7,9-12H2,1-2H3. The summed E-state index contributed by atoms with van der Waals surface area (Å²) in [5.41, 5.74) is 1.14. The molecule has 2 heterocycles. The van der Waals surface area contributed by atoms with E-state index < -0.39 is 0 Å². The Morgan fingerprint density at radius 3 is 2.79 bits per heavy atom. The van der Waals surface area contributed by atoms with Gasteiger partial charge in [0.2, 0.25) is 0 Å². The molecule has 3 heteroatoms. The van der Waals surface area contributed by atoms with Crippen molar-refractivity contribution < 1.29 is 5.11 Å². The highest BCUT2D eigenvalue weighted by molar-refractivity contribution is 7.10. The fourth-order valence-corrected chi connectivity index (χ4v) is 3.78. The molecular formula is C16H23NOS. The van der Waals surface area contributed by atoms with E-state index in [9.17, 15) is 0 Å². The number of aliphatic hydroxyl groups excluding tert-OH is 1. The van der Waals surface area contributed by atoms with E-state index in [0.717, 1.165) is 23.9 Å². The zero-order valence-electron chi connectivity index (χ0n) is 11.9. The largest absolute Gasteiger partial charge is 0.395 e. The number of rotatable bonds is 3. The molecule has 1 fully saturated rings. The summed E-state index contributed by atoms with van der Waals surface area (Å²) in [5, 5.41) is 10.9. The third-order valence-electron chi connectivity index (χ3n) is 3.52. The summed E-state index contributed by atoms with van der Waals surface area (Å²) in [4.78, 5) is 3.92. The smallest absolute Gasteiger partial charge is 0.0540 e. The Bertz CT molecular complexity index is 447. The molecule has 2 atom stereocenters. The molecule has 0 saturated carbocycles. The molecule has 2 rings (SSSR count). The highest BCUT2D eigenvalue weighted by atomic mass is 32.1. The average molecular weight is 277 g/mol. The van der Waals surface area contributed by atoms with Crippen LogP contribution in [0.2, 0.25) is 0 Å². The van der Waals surface area contributed by atoms with Crippen molar-refractivity contribution in [3.63, 3.8) is 0 Å². The van der Waals surface area contributed by atoms with Gasteiger partial charge in [-0.1, -0.05) is 25.7 Å². The molecule has 1 N–H and O–H groups in total. The molecule has 19 heavy (non-hydrogen) atoms. The highest BCUT2D eigenvalue weighted by Gasteiger charge is 2.22. The molecule has 2 unspecified atom stereocenters. The summed E-state index contributed by atoms with van der Waals surface area (Å²) in [7, 11) is 0. The lowest BCUT2D eigenvalue weighted by molar-refractivity contribution is 0.135. The quantitative estimate of drug-likeness (QED) is 0.859. The minimum atomic E-state index is 0.146. The van der Waals surface area contributed by atoms with Gasteiger partial charge < -0.3 is 5.11 Å². The van der Waals surface area contributed by atoms with Crippen LogP contribution in [0.25, 0.3) is 0 Å². The first kappa shape index (κ1) is 14.6. The monoisotopic (exact) mass is 277 g/mol. The number of hydrogen-bond donors (Lipinski definition) is 1. The Morgan fingerprint density at radius 1 is 1.37 bits per heavy atom. The molecule has 104 valence electrons. The van der Waals surface area contributed by atoms with Crippen LogP contribution < -0.4 is 0 Å². The van der Waals surface area contributed by atoms with Crippen LogP contribution in [-0.4, -0.2) is 29.7 Å². The number of hydrogen-bond acceptors (Lipinski definition) is 3. The highest BCUT2D eigenvalue weighted by Crippen LogP contribution is 2.25. The molecule has 0 aliphatic carbocycles. The third-order valence-corrected chi connectivity index (χ3v) is 4.42. The number of piperidine rings is 1. The fraction of sp³-hybridized carbons (Fsp3) is 0.625. The van der Waals surface area contributed by atoms with Crippen LogP contribution in [0, 0.1) is 23.7 Å². The van der Waals surface area contributed by atoms with Crippen LogP contribution in [-0.2, 0) is 6.54 Å². The second kappa shape index (κ2) is 7.09. The topological polar surface area (TPSA) is 23.5 Å². The SMILES string of the molecule is CC1CC(C)CN(Cc2sccc2C#CCCO)C1. The first-order valence-corrected chi connectivity index (χ1v) is 7.95. The maximum Gasteiger partial charge on any atom is 0.0540 e. The van der Waals surface area contributed by atoms with Crippen molar-refractivity contribution in [1.82, 2.24) is 4.90 Å². The molecule has 0 spiro atoms. The van der Waals surface area contributed by atoms with Crippen molar-refractivity contribution in [2.24, 2.45) is 11.8 Å². The first-order valence-electron chi connectivity index (χ1n) is 7.07. The molecular weight excluding hydrogens is 254 g/mol. The van der Waals surface area contributed by atoms with Crippen LogP contribution in [0.15, 0.2) is 11.4 Å². The van der Waals surface area contributed by atoms with Gasteiger partial charge in [-0.15, -0.1) is 11.3 Å². The van der Waals surface area contributed by atoms with Gasteiger partial charge in [-0.25, -0.2) is 0 Å². The lowest BCUT2D eigenvalue weighted by Crippen LogP contribution is -2.38. The van der Waals surface area contributed by atoms with Gasteiger partial charge in [0.05, 0.1) is 6.61 Å². The van der Waals surface area contributed by atoms with E-state index in [1.807, 2.05) is 0 Å². The summed E-state index contributed by atoms with van der Waals surface area (Å²) in [6.45, 7) is 8.26. The van der Waals surface area contributed by atoms with Crippen LogP contribution >= 0.6 is 11.3 Å². The minimum absolute atomic E-state index is 0.146. The van der Waals surface area contributed by atoms with Gasteiger partial charge in [-0.05, 0) is 29.7 Å². The van der Waals surface area contributed by atoms with E-state index in [1.54, 1.807) is 11.3 Å². The van der Waals surface area contributed by atoms with Gasteiger partial charge >= 0.3 is 0 Å². The zero-order valence-corrected chi connectivity index (χ0v) is 12.7. The van der Waals surface area contributed by atoms with E-state index in [2.05, 4.69) is 42.0 Å². The average Bonchev–Trinajstić information content (AvgIpc) is 2.76. The van der Waals surface area contributed by atoms with Gasteiger partial charge in [0, 0.05) is 36.5 Å². The van der Waals surface area contributed by atoms with Crippen molar-refractivity contribution in [2.75, 3.05) is 19.7 Å². The normalized spacial score (nSPS) is 23.9. The number of aliphatic hydroxyl groups is 1. The predicted octanol–water partition coefficient (Wildman–Crippen LogP) is 2.96. The summed E-state index contributed by atoms with van der Waals surface area (Å²) >= 11 is 1.80. The van der Waals surface area contributed by atoms with E-state index in [-0.39, 0.29) is 6.61 Å². The Labute approximate surface area is 120 Å². The van der Waals surface area contributed by atoms with E-state index >= 15 is 0 Å². The Hall–Kier alpha value is -0.820. The summed E-state index contributed by atoms with van der Waals surface area (Å²) < 4.78 is 0. The number of nitrogens with zero attached hydrogens (tertiary/aromatic N) is 1. The van der Waals surface area contributed by atoms with Crippen molar-refractivity contribution in [1.29, 1.82) is 0 Å². The van der Waals surface area contributed by atoms with Gasteiger partial charge in [0.25, 0.3) is 0 Å². The van der Waals surface area contributed by atoms with Gasteiger partial charge in [-0.3, -0.25) is 4.90 Å². The van der Waals surface area contributed by atoms with Crippen LogP contribution in [0.1, 0.15) is 37.1 Å². The first-order chi connectivity index (χ1) is 9.19. The Balaban J connectivity index is 1.99. The molecule has 2 nitrogen and oxygen atoms in total. The van der Waals surface area contributed by atoms with Gasteiger partial charge in [0.15, 0.2) is 0 Å².